The molecule has 1 saturated heterocycles. The lowest BCUT2D eigenvalue weighted by Gasteiger charge is -2.27. The van der Waals surface area contributed by atoms with Crippen molar-refractivity contribution in [3.05, 3.63) is 32.2 Å². The van der Waals surface area contributed by atoms with Crippen molar-refractivity contribution in [1.82, 2.24) is 0 Å². The van der Waals surface area contributed by atoms with E-state index in [4.69, 9.17) is 4.74 Å². The highest BCUT2D eigenvalue weighted by Crippen LogP contribution is 2.36. The third-order valence-corrected chi connectivity index (χ3v) is 4.85. The molecule has 0 aromatic heterocycles. The first-order chi connectivity index (χ1) is 8.09. The van der Waals surface area contributed by atoms with E-state index in [1.54, 1.807) is 0 Å². The van der Waals surface area contributed by atoms with E-state index in [9.17, 15) is 5.11 Å². The molecule has 1 aliphatic heterocycles. The van der Waals surface area contributed by atoms with E-state index < -0.39 is 6.10 Å². The predicted octanol–water partition coefficient (Wildman–Crippen LogP) is 3.98. The predicted molar refractivity (Wildman–Crippen MR) is 75.1 cm³/mol. The lowest BCUT2D eigenvalue weighted by atomic mass is 9.89. The van der Waals surface area contributed by atoms with Gasteiger partial charge >= 0.3 is 0 Å². The van der Waals surface area contributed by atoms with Crippen LogP contribution in [0.2, 0.25) is 0 Å². The van der Waals surface area contributed by atoms with Crippen LogP contribution in [-0.4, -0.2) is 18.3 Å². The fraction of sp³-hybridized carbons (Fsp3) is 0.538. The van der Waals surface area contributed by atoms with E-state index in [-0.39, 0.29) is 0 Å². The Morgan fingerprint density at radius 1 is 1.24 bits per heavy atom. The zero-order chi connectivity index (χ0) is 12.4. The van der Waals surface area contributed by atoms with E-state index >= 15 is 0 Å². The third kappa shape index (κ3) is 3.11. The maximum absolute atomic E-state index is 10.4. The molecular formula is C13H16Br2O2. The molecule has 1 aromatic rings. The van der Waals surface area contributed by atoms with E-state index in [0.717, 1.165) is 40.6 Å². The summed E-state index contributed by atoms with van der Waals surface area (Å²) in [5, 5.41) is 10.4. The molecule has 0 saturated carbocycles. The first kappa shape index (κ1) is 13.5. The number of benzene rings is 1. The van der Waals surface area contributed by atoms with Gasteiger partial charge in [0.05, 0.1) is 6.10 Å². The number of hydrogen-bond donors (Lipinski definition) is 1. The lowest BCUT2D eigenvalue weighted by Crippen LogP contribution is -2.22. The van der Waals surface area contributed by atoms with Crippen molar-refractivity contribution < 1.29 is 9.84 Å². The topological polar surface area (TPSA) is 29.5 Å². The minimum atomic E-state index is -0.412. The van der Waals surface area contributed by atoms with Crippen LogP contribution < -0.4 is 0 Å². The van der Waals surface area contributed by atoms with Gasteiger partial charge in [-0.25, -0.2) is 0 Å². The van der Waals surface area contributed by atoms with Gasteiger partial charge in [0.2, 0.25) is 0 Å². The minimum Gasteiger partial charge on any atom is -0.388 e. The molecule has 1 aliphatic rings. The number of hydrogen-bond acceptors (Lipinski definition) is 2. The molecule has 1 aromatic carbocycles. The normalized spacial score (nSPS) is 19.3. The maximum atomic E-state index is 10.4. The Morgan fingerprint density at radius 2 is 1.88 bits per heavy atom. The smallest absolute Gasteiger partial charge is 0.0831 e. The number of halogens is 2. The Morgan fingerprint density at radius 3 is 2.53 bits per heavy atom. The molecule has 2 rings (SSSR count). The van der Waals surface area contributed by atoms with E-state index in [1.165, 1.54) is 5.56 Å². The molecule has 94 valence electrons. The van der Waals surface area contributed by atoms with Crippen LogP contribution in [-0.2, 0) is 4.74 Å². The van der Waals surface area contributed by atoms with Gasteiger partial charge in [-0.3, -0.25) is 0 Å². The largest absolute Gasteiger partial charge is 0.388 e. The van der Waals surface area contributed by atoms with Gasteiger partial charge in [-0.15, -0.1) is 0 Å². The molecule has 0 spiro atoms. The molecule has 1 N–H and O–H groups in total. The molecule has 1 atom stereocenters. The molecule has 17 heavy (non-hydrogen) atoms. The molecule has 0 radical (unpaired) electrons. The Labute approximate surface area is 119 Å². The SMILES string of the molecule is Cc1cc(Br)c(C(O)C2CCOCC2)cc1Br. The van der Waals surface area contributed by atoms with Gasteiger partial charge in [-0.05, 0) is 48.9 Å². The molecule has 0 aliphatic carbocycles. The van der Waals surface area contributed by atoms with Gasteiger partial charge in [0, 0.05) is 22.2 Å². The third-order valence-electron chi connectivity index (χ3n) is 3.31. The second kappa shape index (κ2) is 5.83. The van der Waals surface area contributed by atoms with Gasteiger partial charge in [-0.2, -0.15) is 0 Å². The number of aryl methyl sites for hydroxylation is 1. The standard InChI is InChI=1S/C13H16Br2O2/c1-8-6-12(15)10(7-11(8)14)13(16)9-2-4-17-5-3-9/h6-7,9,13,16H,2-5H2,1H3. The van der Waals surface area contributed by atoms with Crippen LogP contribution in [0.4, 0.5) is 0 Å². The Bertz CT molecular complexity index is 401. The maximum Gasteiger partial charge on any atom is 0.0831 e. The Kier molecular flexibility index (Phi) is 4.64. The van der Waals surface area contributed by atoms with Crippen LogP contribution in [0.25, 0.3) is 0 Å². The summed E-state index contributed by atoms with van der Waals surface area (Å²) in [7, 11) is 0. The highest BCUT2D eigenvalue weighted by molar-refractivity contribution is 9.11. The fourth-order valence-corrected chi connectivity index (χ4v) is 3.23. The summed E-state index contributed by atoms with van der Waals surface area (Å²) in [5.41, 5.74) is 2.13. The van der Waals surface area contributed by atoms with Crippen LogP contribution in [0.15, 0.2) is 21.1 Å². The van der Waals surface area contributed by atoms with E-state index in [2.05, 4.69) is 31.9 Å². The zero-order valence-corrected chi connectivity index (χ0v) is 12.9. The van der Waals surface area contributed by atoms with Crippen molar-refractivity contribution in [2.75, 3.05) is 13.2 Å². The van der Waals surface area contributed by atoms with Gasteiger partial charge in [0.1, 0.15) is 0 Å². The van der Waals surface area contributed by atoms with Crippen molar-refractivity contribution in [2.45, 2.75) is 25.9 Å². The van der Waals surface area contributed by atoms with Crippen molar-refractivity contribution in [3.63, 3.8) is 0 Å². The number of ether oxygens (including phenoxy) is 1. The van der Waals surface area contributed by atoms with Crippen molar-refractivity contribution in [3.8, 4) is 0 Å². The molecule has 0 amide bonds. The monoisotopic (exact) mass is 362 g/mol. The Hall–Kier alpha value is 0.1000. The van der Waals surface area contributed by atoms with Gasteiger partial charge in [0.25, 0.3) is 0 Å². The van der Waals surface area contributed by atoms with Crippen molar-refractivity contribution in [2.24, 2.45) is 5.92 Å². The van der Waals surface area contributed by atoms with E-state index in [1.807, 2.05) is 19.1 Å². The van der Waals surface area contributed by atoms with Crippen molar-refractivity contribution in [1.29, 1.82) is 0 Å². The number of rotatable bonds is 2. The molecule has 4 heteroatoms. The molecular weight excluding hydrogens is 348 g/mol. The average molecular weight is 364 g/mol. The Balaban J connectivity index is 2.23. The minimum absolute atomic E-state index is 0.301. The van der Waals surface area contributed by atoms with Crippen LogP contribution in [0, 0.1) is 12.8 Å². The molecule has 1 unspecified atom stereocenters. The summed E-state index contributed by atoms with van der Waals surface area (Å²) in [5.74, 6) is 0.301. The number of aliphatic hydroxyl groups excluding tert-OH is 1. The van der Waals surface area contributed by atoms with Crippen LogP contribution in [0.5, 0.6) is 0 Å². The van der Waals surface area contributed by atoms with Gasteiger partial charge in [-0.1, -0.05) is 31.9 Å². The van der Waals surface area contributed by atoms with Crippen molar-refractivity contribution >= 4 is 31.9 Å². The zero-order valence-electron chi connectivity index (χ0n) is 9.75. The lowest BCUT2D eigenvalue weighted by molar-refractivity contribution is 0.00690. The summed E-state index contributed by atoms with van der Waals surface area (Å²) >= 11 is 7.05. The van der Waals surface area contributed by atoms with Crippen LogP contribution in [0.3, 0.4) is 0 Å². The quantitative estimate of drug-likeness (QED) is 0.861. The summed E-state index contributed by atoms with van der Waals surface area (Å²) in [6.45, 7) is 3.55. The first-order valence-electron chi connectivity index (χ1n) is 5.81. The highest BCUT2D eigenvalue weighted by atomic mass is 79.9. The second-order valence-electron chi connectivity index (χ2n) is 4.52. The molecule has 1 fully saturated rings. The van der Waals surface area contributed by atoms with Crippen LogP contribution in [0.1, 0.15) is 30.1 Å². The summed E-state index contributed by atoms with van der Waals surface area (Å²) in [6, 6.07) is 4.06. The summed E-state index contributed by atoms with van der Waals surface area (Å²) in [6.07, 6.45) is 1.45. The molecule has 1 heterocycles. The molecule has 0 bridgehead atoms. The summed E-state index contributed by atoms with van der Waals surface area (Å²) < 4.78 is 7.35. The van der Waals surface area contributed by atoms with E-state index in [0.29, 0.717) is 5.92 Å². The fourth-order valence-electron chi connectivity index (χ4n) is 2.17. The van der Waals surface area contributed by atoms with Gasteiger partial charge in [0.15, 0.2) is 0 Å². The average Bonchev–Trinajstić information content (AvgIpc) is 2.34. The number of aliphatic hydroxyl groups is 1. The molecule has 2 nitrogen and oxygen atoms in total. The second-order valence-corrected chi connectivity index (χ2v) is 6.23. The van der Waals surface area contributed by atoms with Crippen LogP contribution >= 0.6 is 31.9 Å². The highest BCUT2D eigenvalue weighted by Gasteiger charge is 2.25. The van der Waals surface area contributed by atoms with Gasteiger partial charge < -0.3 is 9.84 Å². The summed E-state index contributed by atoms with van der Waals surface area (Å²) in [4.78, 5) is 0. The first-order valence-corrected chi connectivity index (χ1v) is 7.39.